The molecule has 0 spiro atoms. The number of nitrogen functional groups attached to an aromatic ring is 1. The summed E-state index contributed by atoms with van der Waals surface area (Å²) in [5.41, 5.74) is 5.38. The Labute approximate surface area is 81.3 Å². The molecule has 0 bridgehead atoms. The van der Waals surface area contributed by atoms with Crippen molar-refractivity contribution in [3.05, 3.63) is 24.0 Å². The van der Waals surface area contributed by atoms with Gasteiger partial charge in [0.2, 0.25) is 0 Å². The van der Waals surface area contributed by atoms with Crippen LogP contribution in [0.3, 0.4) is 0 Å². The molecule has 5 nitrogen and oxygen atoms in total. The molecule has 0 aliphatic carbocycles. The van der Waals surface area contributed by atoms with Crippen molar-refractivity contribution in [3.63, 3.8) is 0 Å². The third-order valence-electron chi connectivity index (χ3n) is 1.51. The Morgan fingerprint density at radius 2 is 2.07 bits per heavy atom. The first-order valence-electron chi connectivity index (χ1n) is 3.71. The van der Waals surface area contributed by atoms with E-state index in [-0.39, 0.29) is 11.4 Å². The highest BCUT2D eigenvalue weighted by atomic mass is 32.2. The van der Waals surface area contributed by atoms with E-state index in [4.69, 9.17) is 5.73 Å². The molecule has 1 aromatic carbocycles. The minimum Gasteiger partial charge on any atom is -0.399 e. The molecule has 1 aromatic rings. The van der Waals surface area contributed by atoms with Gasteiger partial charge in [0.25, 0.3) is 10.2 Å². The van der Waals surface area contributed by atoms with Gasteiger partial charge >= 0.3 is 0 Å². The number of hydrogen-bond acceptors (Lipinski definition) is 3. The summed E-state index contributed by atoms with van der Waals surface area (Å²) < 4.78 is 39.0. The molecular formula is C7H10FN3O2S. The van der Waals surface area contributed by atoms with Gasteiger partial charge in [-0.1, -0.05) is 0 Å². The first-order chi connectivity index (χ1) is 6.44. The summed E-state index contributed by atoms with van der Waals surface area (Å²) >= 11 is 0. The minimum absolute atomic E-state index is 0.145. The first kappa shape index (κ1) is 10.7. The van der Waals surface area contributed by atoms with Gasteiger partial charge in [0.05, 0.1) is 5.69 Å². The maximum Gasteiger partial charge on any atom is 0.298 e. The van der Waals surface area contributed by atoms with E-state index < -0.39 is 16.0 Å². The summed E-state index contributed by atoms with van der Waals surface area (Å²) in [6, 6.07) is 3.68. The Hall–Kier alpha value is -1.34. The SMILES string of the molecule is CNS(=O)(=O)Nc1ccc(N)cc1F. The summed E-state index contributed by atoms with van der Waals surface area (Å²) in [7, 11) is -2.47. The Bertz CT molecular complexity index is 433. The van der Waals surface area contributed by atoms with Crippen LogP contribution < -0.4 is 15.2 Å². The van der Waals surface area contributed by atoms with Crippen LogP contribution in [0.2, 0.25) is 0 Å². The number of rotatable bonds is 3. The second-order valence-corrected chi connectivity index (χ2v) is 4.17. The smallest absolute Gasteiger partial charge is 0.298 e. The summed E-state index contributed by atoms with van der Waals surface area (Å²) in [6.45, 7) is 0. The number of anilines is 2. The first-order valence-corrected chi connectivity index (χ1v) is 5.19. The highest BCUT2D eigenvalue weighted by Crippen LogP contribution is 2.17. The zero-order chi connectivity index (χ0) is 10.8. The van der Waals surface area contributed by atoms with E-state index in [9.17, 15) is 12.8 Å². The highest BCUT2D eigenvalue weighted by Gasteiger charge is 2.09. The van der Waals surface area contributed by atoms with Crippen LogP contribution >= 0.6 is 0 Å². The zero-order valence-electron chi connectivity index (χ0n) is 7.41. The Balaban J connectivity index is 2.99. The van der Waals surface area contributed by atoms with Crippen molar-refractivity contribution in [1.29, 1.82) is 0 Å². The van der Waals surface area contributed by atoms with Crippen LogP contribution in [0.1, 0.15) is 0 Å². The number of nitrogens with two attached hydrogens (primary N) is 1. The molecule has 0 saturated heterocycles. The van der Waals surface area contributed by atoms with E-state index in [2.05, 4.69) is 0 Å². The maximum absolute atomic E-state index is 13.1. The van der Waals surface area contributed by atoms with Gasteiger partial charge in [0.1, 0.15) is 5.82 Å². The molecule has 0 aromatic heterocycles. The quantitative estimate of drug-likeness (QED) is 0.638. The topological polar surface area (TPSA) is 84.2 Å². The van der Waals surface area contributed by atoms with Crippen LogP contribution in [0.25, 0.3) is 0 Å². The normalized spacial score (nSPS) is 11.3. The van der Waals surface area contributed by atoms with Gasteiger partial charge in [0.15, 0.2) is 0 Å². The van der Waals surface area contributed by atoms with Gasteiger partial charge in [-0.05, 0) is 18.2 Å². The fraction of sp³-hybridized carbons (Fsp3) is 0.143. The van der Waals surface area contributed by atoms with Crippen LogP contribution in [0.15, 0.2) is 18.2 Å². The zero-order valence-corrected chi connectivity index (χ0v) is 8.23. The number of nitrogens with one attached hydrogen (secondary N) is 2. The van der Waals surface area contributed by atoms with Crippen LogP contribution in [0, 0.1) is 5.82 Å². The molecule has 0 aliphatic heterocycles. The third-order valence-corrected chi connectivity index (χ3v) is 2.53. The number of benzene rings is 1. The van der Waals surface area contributed by atoms with Crippen LogP contribution in [-0.2, 0) is 10.2 Å². The lowest BCUT2D eigenvalue weighted by molar-refractivity contribution is 0.591. The van der Waals surface area contributed by atoms with Crippen molar-refractivity contribution in [3.8, 4) is 0 Å². The van der Waals surface area contributed by atoms with Crippen molar-refractivity contribution in [2.45, 2.75) is 0 Å². The predicted octanol–water partition coefficient (Wildman–Crippen LogP) is 0.284. The van der Waals surface area contributed by atoms with Gasteiger partial charge < -0.3 is 5.73 Å². The van der Waals surface area contributed by atoms with Gasteiger partial charge in [-0.3, -0.25) is 4.72 Å². The monoisotopic (exact) mass is 219 g/mol. The fourth-order valence-corrected chi connectivity index (χ4v) is 1.37. The van der Waals surface area contributed by atoms with E-state index in [1.54, 1.807) is 0 Å². The average molecular weight is 219 g/mol. The lowest BCUT2D eigenvalue weighted by Gasteiger charge is -2.07. The minimum atomic E-state index is -3.69. The Morgan fingerprint density at radius 1 is 1.43 bits per heavy atom. The summed E-state index contributed by atoms with van der Waals surface area (Å²) in [5.74, 6) is -0.719. The molecule has 0 unspecified atom stereocenters. The van der Waals surface area contributed by atoms with Gasteiger partial charge in [-0.15, -0.1) is 0 Å². The van der Waals surface area contributed by atoms with E-state index in [1.807, 2.05) is 9.44 Å². The van der Waals surface area contributed by atoms with Crippen molar-refractivity contribution < 1.29 is 12.8 Å². The molecule has 7 heteroatoms. The molecule has 0 radical (unpaired) electrons. The van der Waals surface area contributed by atoms with E-state index >= 15 is 0 Å². The van der Waals surface area contributed by atoms with Crippen LogP contribution in [0.4, 0.5) is 15.8 Å². The lowest BCUT2D eigenvalue weighted by Crippen LogP contribution is -2.26. The summed E-state index contributed by atoms with van der Waals surface area (Å²) in [4.78, 5) is 0. The number of hydrogen-bond donors (Lipinski definition) is 3. The molecule has 0 heterocycles. The molecule has 0 amide bonds. The molecule has 0 aliphatic rings. The lowest BCUT2D eigenvalue weighted by atomic mass is 10.3. The molecule has 14 heavy (non-hydrogen) atoms. The third kappa shape index (κ3) is 2.57. The maximum atomic E-state index is 13.1. The fourth-order valence-electron chi connectivity index (χ4n) is 0.810. The largest absolute Gasteiger partial charge is 0.399 e. The molecule has 4 N–H and O–H groups in total. The van der Waals surface area contributed by atoms with Crippen molar-refractivity contribution in [1.82, 2.24) is 4.72 Å². The molecule has 0 saturated carbocycles. The average Bonchev–Trinajstić information content (AvgIpc) is 2.10. The summed E-state index contributed by atoms with van der Waals surface area (Å²) in [5, 5.41) is 0. The van der Waals surface area contributed by atoms with E-state index in [1.165, 1.54) is 19.2 Å². The highest BCUT2D eigenvalue weighted by molar-refractivity contribution is 7.90. The molecule has 0 atom stereocenters. The Kier molecular flexibility index (Phi) is 2.92. The number of halogens is 1. The standard InChI is InChI=1S/C7H10FN3O2S/c1-10-14(12,13)11-7-3-2-5(9)4-6(7)8/h2-4,10-11H,9H2,1H3. The Morgan fingerprint density at radius 3 is 2.57 bits per heavy atom. The van der Waals surface area contributed by atoms with Crippen molar-refractivity contribution in [2.24, 2.45) is 0 Å². The molecule has 1 rings (SSSR count). The van der Waals surface area contributed by atoms with Crippen LogP contribution in [0.5, 0.6) is 0 Å². The van der Waals surface area contributed by atoms with E-state index in [0.29, 0.717) is 0 Å². The second-order valence-electron chi connectivity index (χ2n) is 2.55. The van der Waals surface area contributed by atoms with Crippen molar-refractivity contribution in [2.75, 3.05) is 17.5 Å². The predicted molar refractivity (Wildman–Crippen MR) is 52.4 cm³/mol. The van der Waals surface area contributed by atoms with Gasteiger partial charge in [0, 0.05) is 12.7 Å². The van der Waals surface area contributed by atoms with Crippen LogP contribution in [-0.4, -0.2) is 15.5 Å². The summed E-state index contributed by atoms with van der Waals surface area (Å²) in [6.07, 6.45) is 0. The van der Waals surface area contributed by atoms with Crippen molar-refractivity contribution >= 4 is 21.6 Å². The van der Waals surface area contributed by atoms with E-state index in [0.717, 1.165) is 6.07 Å². The second kappa shape index (κ2) is 3.81. The van der Waals surface area contributed by atoms with Gasteiger partial charge in [-0.2, -0.15) is 8.42 Å². The molecule has 0 fully saturated rings. The molecular weight excluding hydrogens is 209 g/mol. The van der Waals surface area contributed by atoms with Gasteiger partial charge in [-0.25, -0.2) is 9.11 Å². The molecule has 78 valence electrons.